The largest absolute Gasteiger partial charge is 0.349 e. The molecule has 1 aromatic heterocycles. The van der Waals surface area contributed by atoms with Gasteiger partial charge < -0.3 is 5.32 Å². The van der Waals surface area contributed by atoms with Crippen LogP contribution < -0.4 is 5.32 Å². The van der Waals surface area contributed by atoms with Crippen molar-refractivity contribution in [1.29, 1.82) is 5.26 Å². The quantitative estimate of drug-likeness (QED) is 0.647. The van der Waals surface area contributed by atoms with Crippen LogP contribution in [-0.2, 0) is 14.6 Å². The highest BCUT2D eigenvalue weighted by atomic mass is 32.2. The van der Waals surface area contributed by atoms with Gasteiger partial charge in [-0.25, -0.2) is 8.42 Å². The van der Waals surface area contributed by atoms with Crippen molar-refractivity contribution in [2.45, 2.75) is 45.2 Å². The molecular weight excluding hydrogens is 328 g/mol. The number of nitrogens with one attached hydrogen (secondary N) is 1. The average molecular weight is 348 g/mol. The number of aryl methyl sites for hydroxylation is 1. The number of nitriles is 1. The first-order chi connectivity index (χ1) is 11.3. The molecule has 2 heterocycles. The molecule has 24 heavy (non-hydrogen) atoms. The maximum Gasteiger partial charge on any atom is 0.262 e. The number of rotatable bonds is 4. The van der Waals surface area contributed by atoms with Crippen LogP contribution in [0.4, 0.5) is 0 Å². The molecule has 128 valence electrons. The Morgan fingerprint density at radius 2 is 2.08 bits per heavy atom. The van der Waals surface area contributed by atoms with Crippen molar-refractivity contribution in [3.05, 3.63) is 22.5 Å². The zero-order valence-electron chi connectivity index (χ0n) is 13.7. The van der Waals surface area contributed by atoms with Gasteiger partial charge in [0.25, 0.3) is 5.91 Å². The summed E-state index contributed by atoms with van der Waals surface area (Å²) in [6.45, 7) is 3.64. The first-order valence-electron chi connectivity index (χ1n) is 7.99. The van der Waals surface area contributed by atoms with Crippen molar-refractivity contribution in [2.24, 2.45) is 0 Å². The Hall–Kier alpha value is -2.14. The molecule has 1 saturated carbocycles. The van der Waals surface area contributed by atoms with E-state index in [2.05, 4.69) is 10.4 Å². The molecule has 1 aliphatic heterocycles. The smallest absolute Gasteiger partial charge is 0.262 e. The molecule has 1 atom stereocenters. The normalized spacial score (nSPS) is 23.0. The lowest BCUT2D eigenvalue weighted by Crippen LogP contribution is -2.26. The van der Waals surface area contributed by atoms with Gasteiger partial charge in [-0.15, -0.1) is 0 Å². The SMILES string of the molecule is Cc1nn([C@@H]2CCS(=O)(=O)C2)c(C)c1/C=C(\C#N)C(=O)NC1CC1. The Kier molecular flexibility index (Phi) is 4.22. The van der Waals surface area contributed by atoms with E-state index in [4.69, 9.17) is 0 Å². The van der Waals surface area contributed by atoms with E-state index in [1.807, 2.05) is 13.0 Å². The summed E-state index contributed by atoms with van der Waals surface area (Å²) in [7, 11) is -3.00. The molecule has 2 fully saturated rings. The number of nitrogens with zero attached hydrogens (tertiary/aromatic N) is 3. The van der Waals surface area contributed by atoms with Crippen molar-refractivity contribution in [1.82, 2.24) is 15.1 Å². The number of carbonyl (C=O) groups is 1. The van der Waals surface area contributed by atoms with Gasteiger partial charge in [-0.2, -0.15) is 10.4 Å². The van der Waals surface area contributed by atoms with Crippen molar-refractivity contribution < 1.29 is 13.2 Å². The molecule has 0 unspecified atom stereocenters. The maximum absolute atomic E-state index is 12.1. The second-order valence-corrected chi connectivity index (χ2v) is 8.73. The summed E-state index contributed by atoms with van der Waals surface area (Å²) >= 11 is 0. The lowest BCUT2D eigenvalue weighted by atomic mass is 10.1. The van der Waals surface area contributed by atoms with Gasteiger partial charge in [0.05, 0.1) is 23.2 Å². The van der Waals surface area contributed by atoms with Gasteiger partial charge in [-0.1, -0.05) is 0 Å². The number of hydrogen-bond donors (Lipinski definition) is 1. The van der Waals surface area contributed by atoms with Crippen LogP contribution >= 0.6 is 0 Å². The molecule has 1 aliphatic carbocycles. The number of amides is 1. The lowest BCUT2D eigenvalue weighted by Gasteiger charge is -2.11. The standard InChI is InChI=1S/C16H20N4O3S/c1-10-15(7-12(8-17)16(21)18-13-3-4-13)11(2)20(19-10)14-5-6-24(22,23)9-14/h7,13-14H,3-6,9H2,1-2H3,(H,18,21)/b12-7+/t14-/m1/s1. The third-order valence-electron chi connectivity index (χ3n) is 4.50. The highest BCUT2D eigenvalue weighted by Gasteiger charge is 2.31. The van der Waals surface area contributed by atoms with E-state index >= 15 is 0 Å². The van der Waals surface area contributed by atoms with E-state index in [9.17, 15) is 18.5 Å². The van der Waals surface area contributed by atoms with E-state index in [1.165, 1.54) is 0 Å². The van der Waals surface area contributed by atoms with Gasteiger partial charge in [-0.05, 0) is 39.2 Å². The van der Waals surface area contributed by atoms with Crippen LogP contribution in [0, 0.1) is 25.2 Å². The van der Waals surface area contributed by atoms with E-state index in [0.29, 0.717) is 17.7 Å². The highest BCUT2D eigenvalue weighted by molar-refractivity contribution is 7.91. The molecule has 7 nitrogen and oxygen atoms in total. The molecule has 0 spiro atoms. The van der Waals surface area contributed by atoms with E-state index < -0.39 is 9.84 Å². The zero-order chi connectivity index (χ0) is 17.5. The summed E-state index contributed by atoms with van der Waals surface area (Å²) in [5.41, 5.74) is 2.22. The number of aromatic nitrogens is 2. The molecule has 1 saturated heterocycles. The molecule has 3 rings (SSSR count). The maximum atomic E-state index is 12.1. The van der Waals surface area contributed by atoms with Crippen LogP contribution in [0.3, 0.4) is 0 Å². The Morgan fingerprint density at radius 1 is 1.38 bits per heavy atom. The Balaban J connectivity index is 1.89. The van der Waals surface area contributed by atoms with Crippen LogP contribution in [0.25, 0.3) is 6.08 Å². The van der Waals surface area contributed by atoms with Gasteiger partial charge in [0.1, 0.15) is 11.6 Å². The van der Waals surface area contributed by atoms with Crippen LogP contribution in [0.2, 0.25) is 0 Å². The van der Waals surface area contributed by atoms with Crippen molar-refractivity contribution >= 4 is 21.8 Å². The average Bonchev–Trinajstić information content (AvgIpc) is 3.19. The molecule has 1 N–H and O–H groups in total. The fourth-order valence-electron chi connectivity index (χ4n) is 2.99. The minimum atomic E-state index is -3.00. The number of sulfone groups is 1. The molecule has 2 aliphatic rings. The molecular formula is C16H20N4O3S. The second kappa shape index (κ2) is 6.06. The first kappa shape index (κ1) is 16.7. The highest BCUT2D eigenvalue weighted by Crippen LogP contribution is 2.28. The van der Waals surface area contributed by atoms with Gasteiger partial charge in [0, 0.05) is 17.3 Å². The van der Waals surface area contributed by atoms with Crippen molar-refractivity contribution in [3.63, 3.8) is 0 Å². The fraction of sp³-hybridized carbons (Fsp3) is 0.562. The van der Waals surface area contributed by atoms with E-state index in [-0.39, 0.29) is 35.1 Å². The minimum absolute atomic E-state index is 0.0479. The Labute approximate surface area is 141 Å². The summed E-state index contributed by atoms with van der Waals surface area (Å²) in [5, 5.41) is 16.5. The van der Waals surface area contributed by atoms with Crippen LogP contribution in [-0.4, -0.2) is 41.7 Å². The Morgan fingerprint density at radius 3 is 2.62 bits per heavy atom. The van der Waals surface area contributed by atoms with Crippen LogP contribution in [0.1, 0.15) is 42.3 Å². The summed E-state index contributed by atoms with van der Waals surface area (Å²) in [5.74, 6) is -0.102. The summed E-state index contributed by atoms with van der Waals surface area (Å²) < 4.78 is 25.1. The van der Waals surface area contributed by atoms with Gasteiger partial charge >= 0.3 is 0 Å². The number of hydrogen-bond acceptors (Lipinski definition) is 5. The predicted molar refractivity (Wildman–Crippen MR) is 88.8 cm³/mol. The van der Waals surface area contributed by atoms with Gasteiger partial charge in [0.15, 0.2) is 9.84 Å². The number of carbonyl (C=O) groups excluding carboxylic acids is 1. The molecule has 0 aromatic carbocycles. The van der Waals surface area contributed by atoms with Crippen molar-refractivity contribution in [3.8, 4) is 6.07 Å². The van der Waals surface area contributed by atoms with E-state index in [1.54, 1.807) is 17.7 Å². The molecule has 0 bridgehead atoms. The van der Waals surface area contributed by atoms with Gasteiger partial charge in [-0.3, -0.25) is 9.48 Å². The topological polar surface area (TPSA) is 105 Å². The van der Waals surface area contributed by atoms with Crippen LogP contribution in [0.5, 0.6) is 0 Å². The predicted octanol–water partition coefficient (Wildman–Crippen LogP) is 1.05. The minimum Gasteiger partial charge on any atom is -0.349 e. The monoisotopic (exact) mass is 348 g/mol. The first-order valence-corrected chi connectivity index (χ1v) is 9.81. The summed E-state index contributed by atoms with van der Waals surface area (Å²) in [6, 6.07) is 1.95. The summed E-state index contributed by atoms with van der Waals surface area (Å²) in [4.78, 5) is 12.1. The third kappa shape index (κ3) is 3.36. The molecule has 1 aromatic rings. The third-order valence-corrected chi connectivity index (χ3v) is 6.25. The van der Waals surface area contributed by atoms with Gasteiger partial charge in [0.2, 0.25) is 0 Å². The Bertz CT molecular complexity index is 857. The van der Waals surface area contributed by atoms with E-state index in [0.717, 1.165) is 18.5 Å². The molecule has 0 radical (unpaired) electrons. The second-order valence-electron chi connectivity index (χ2n) is 6.50. The van der Waals surface area contributed by atoms with Crippen LogP contribution in [0.15, 0.2) is 5.57 Å². The fourth-order valence-corrected chi connectivity index (χ4v) is 4.68. The lowest BCUT2D eigenvalue weighted by molar-refractivity contribution is -0.117. The summed E-state index contributed by atoms with van der Waals surface area (Å²) in [6.07, 6.45) is 4.00. The zero-order valence-corrected chi connectivity index (χ0v) is 14.6. The molecule has 8 heteroatoms. The molecule has 1 amide bonds. The van der Waals surface area contributed by atoms with Crippen molar-refractivity contribution in [2.75, 3.05) is 11.5 Å².